The Bertz CT molecular complexity index is 1080. The summed E-state index contributed by atoms with van der Waals surface area (Å²) in [6.45, 7) is 2.37. The fraction of sp³-hybridized carbons (Fsp3) is 0.133. The summed E-state index contributed by atoms with van der Waals surface area (Å²) in [6.07, 6.45) is 0. The Hall–Kier alpha value is -3.56. The molecule has 0 atom stereocenters. The van der Waals surface area contributed by atoms with Crippen LogP contribution in [0.1, 0.15) is 11.1 Å². The van der Waals surface area contributed by atoms with E-state index in [2.05, 4.69) is 30.5 Å². The van der Waals surface area contributed by atoms with Crippen molar-refractivity contribution in [1.29, 1.82) is 0 Å². The zero-order chi connectivity index (χ0) is 17.6. The van der Waals surface area contributed by atoms with E-state index in [4.69, 9.17) is 11.5 Å². The minimum atomic E-state index is -0.579. The predicted octanol–water partition coefficient (Wildman–Crippen LogP) is 1.27. The van der Waals surface area contributed by atoms with Gasteiger partial charge in [-0.25, -0.2) is 9.67 Å². The normalized spacial score (nSPS) is 11.3. The molecule has 0 aliphatic rings. The van der Waals surface area contributed by atoms with Crippen LogP contribution in [0.15, 0.2) is 24.3 Å². The zero-order valence-electron chi connectivity index (χ0n) is 13.2. The summed E-state index contributed by atoms with van der Waals surface area (Å²) in [4.78, 5) is 8.33. The van der Waals surface area contributed by atoms with E-state index in [-0.39, 0.29) is 11.6 Å². The summed E-state index contributed by atoms with van der Waals surface area (Å²) in [5, 5.41) is 14.3. The third kappa shape index (κ3) is 2.63. The van der Waals surface area contributed by atoms with Crippen LogP contribution in [0.5, 0.6) is 0 Å². The number of aryl methyl sites for hydroxylation is 1. The van der Waals surface area contributed by atoms with Crippen molar-refractivity contribution in [1.82, 2.24) is 35.2 Å². The lowest BCUT2D eigenvalue weighted by atomic mass is 10.1. The van der Waals surface area contributed by atoms with Crippen LogP contribution in [0.4, 0.5) is 16.0 Å². The maximum absolute atomic E-state index is 13.2. The van der Waals surface area contributed by atoms with Gasteiger partial charge in [-0.2, -0.15) is 14.5 Å². The molecule has 0 amide bonds. The summed E-state index contributed by atoms with van der Waals surface area (Å²) in [6, 6.07) is 6.93. The number of hydrogen-bond acceptors (Lipinski definition) is 7. The third-order valence-electron chi connectivity index (χ3n) is 3.84. The highest BCUT2D eigenvalue weighted by Gasteiger charge is 2.17. The standard InChI is InChI=1S/C15H14FN9/c1-7-4-8(2-3-9(7)17)6-25-14-13(23-24-25)12(19-15(18)20-14)10-5-11(16)22-21-10/h2-5H,6,17H2,1H3,(H,21,22)(H2,18,19,20). The van der Waals surface area contributed by atoms with E-state index < -0.39 is 5.95 Å². The summed E-state index contributed by atoms with van der Waals surface area (Å²) < 4.78 is 14.8. The molecule has 0 aliphatic heterocycles. The van der Waals surface area contributed by atoms with Crippen molar-refractivity contribution < 1.29 is 4.39 Å². The second-order valence-corrected chi connectivity index (χ2v) is 5.64. The van der Waals surface area contributed by atoms with Crippen molar-refractivity contribution in [3.63, 3.8) is 0 Å². The monoisotopic (exact) mass is 339 g/mol. The number of nitrogens with two attached hydrogens (primary N) is 2. The fourth-order valence-electron chi connectivity index (χ4n) is 2.59. The van der Waals surface area contributed by atoms with Gasteiger partial charge in [0.05, 0.1) is 6.54 Å². The Morgan fingerprint density at radius 2 is 2.04 bits per heavy atom. The maximum atomic E-state index is 13.2. The topological polar surface area (TPSA) is 137 Å². The van der Waals surface area contributed by atoms with Gasteiger partial charge in [-0.1, -0.05) is 17.3 Å². The molecule has 5 N–H and O–H groups in total. The highest BCUT2D eigenvalue weighted by Crippen LogP contribution is 2.24. The second-order valence-electron chi connectivity index (χ2n) is 5.64. The van der Waals surface area contributed by atoms with Gasteiger partial charge in [-0.05, 0) is 24.1 Å². The van der Waals surface area contributed by atoms with Crippen LogP contribution in [0.25, 0.3) is 22.6 Å². The van der Waals surface area contributed by atoms with Gasteiger partial charge in [0, 0.05) is 11.8 Å². The molecule has 3 aromatic heterocycles. The van der Waals surface area contributed by atoms with Crippen molar-refractivity contribution in [3.8, 4) is 11.4 Å². The molecule has 0 unspecified atom stereocenters. The lowest BCUT2D eigenvalue weighted by Gasteiger charge is -2.06. The smallest absolute Gasteiger partial charge is 0.222 e. The van der Waals surface area contributed by atoms with E-state index >= 15 is 0 Å². The SMILES string of the molecule is Cc1cc(Cn2nnc3c(-c4cc(F)[nH]n4)nc(N)nc32)ccc1N. The molecule has 4 aromatic rings. The van der Waals surface area contributed by atoms with E-state index in [1.165, 1.54) is 6.07 Å². The number of H-pyrrole nitrogens is 1. The molecular weight excluding hydrogens is 325 g/mol. The van der Waals surface area contributed by atoms with Crippen LogP contribution < -0.4 is 11.5 Å². The first-order valence-corrected chi connectivity index (χ1v) is 7.44. The minimum Gasteiger partial charge on any atom is -0.399 e. The number of aromatic nitrogens is 7. The zero-order valence-corrected chi connectivity index (χ0v) is 13.2. The molecule has 0 aliphatic carbocycles. The number of nitrogens with zero attached hydrogens (tertiary/aromatic N) is 6. The van der Waals surface area contributed by atoms with E-state index in [1.54, 1.807) is 4.68 Å². The molecule has 9 nitrogen and oxygen atoms in total. The van der Waals surface area contributed by atoms with Crippen molar-refractivity contribution in [2.24, 2.45) is 0 Å². The average molecular weight is 339 g/mol. The number of rotatable bonds is 3. The lowest BCUT2D eigenvalue weighted by molar-refractivity contribution is 0.579. The summed E-state index contributed by atoms with van der Waals surface area (Å²) >= 11 is 0. The molecule has 0 saturated heterocycles. The van der Waals surface area contributed by atoms with Crippen molar-refractivity contribution in [2.45, 2.75) is 13.5 Å². The van der Waals surface area contributed by atoms with Crippen LogP contribution in [-0.4, -0.2) is 35.2 Å². The van der Waals surface area contributed by atoms with Gasteiger partial charge >= 0.3 is 0 Å². The number of aromatic amines is 1. The molecule has 3 heterocycles. The molecular formula is C15H14FN9. The summed E-state index contributed by atoms with van der Waals surface area (Å²) in [5.74, 6) is -0.548. The van der Waals surface area contributed by atoms with Gasteiger partial charge in [0.25, 0.3) is 0 Å². The van der Waals surface area contributed by atoms with Gasteiger partial charge in [0.15, 0.2) is 11.2 Å². The van der Waals surface area contributed by atoms with Crippen LogP contribution >= 0.6 is 0 Å². The molecule has 10 heteroatoms. The second kappa shape index (κ2) is 5.51. The van der Waals surface area contributed by atoms with E-state index in [9.17, 15) is 4.39 Å². The molecule has 0 saturated carbocycles. The van der Waals surface area contributed by atoms with Gasteiger partial charge < -0.3 is 11.5 Å². The molecule has 0 radical (unpaired) electrons. The van der Waals surface area contributed by atoms with Crippen molar-refractivity contribution in [3.05, 3.63) is 41.3 Å². The minimum absolute atomic E-state index is 0.0305. The first kappa shape index (κ1) is 15.0. The molecule has 4 rings (SSSR count). The van der Waals surface area contributed by atoms with Crippen molar-refractivity contribution in [2.75, 3.05) is 11.5 Å². The number of nitrogens with one attached hydrogen (secondary N) is 1. The first-order chi connectivity index (χ1) is 12.0. The van der Waals surface area contributed by atoms with Crippen LogP contribution in [0.2, 0.25) is 0 Å². The molecule has 25 heavy (non-hydrogen) atoms. The average Bonchev–Trinajstić information content (AvgIpc) is 3.17. The summed E-state index contributed by atoms with van der Waals surface area (Å²) in [5.41, 5.74) is 15.8. The Morgan fingerprint density at radius 1 is 1.20 bits per heavy atom. The van der Waals surface area contributed by atoms with Crippen LogP contribution in [0.3, 0.4) is 0 Å². The number of fused-ring (bicyclic) bond motifs is 1. The highest BCUT2D eigenvalue weighted by atomic mass is 19.1. The van der Waals surface area contributed by atoms with Crippen LogP contribution in [-0.2, 0) is 6.54 Å². The van der Waals surface area contributed by atoms with Gasteiger partial charge in [0.1, 0.15) is 11.4 Å². The van der Waals surface area contributed by atoms with E-state index in [1.807, 2.05) is 25.1 Å². The Balaban J connectivity index is 1.81. The quantitative estimate of drug-likeness (QED) is 0.478. The van der Waals surface area contributed by atoms with Gasteiger partial charge in [-0.15, -0.1) is 5.10 Å². The summed E-state index contributed by atoms with van der Waals surface area (Å²) in [7, 11) is 0. The maximum Gasteiger partial charge on any atom is 0.222 e. The van der Waals surface area contributed by atoms with Crippen molar-refractivity contribution >= 4 is 22.8 Å². The fourth-order valence-corrected chi connectivity index (χ4v) is 2.59. The molecule has 0 spiro atoms. The molecule has 0 bridgehead atoms. The molecule has 126 valence electrons. The predicted molar refractivity (Wildman–Crippen MR) is 89.8 cm³/mol. The highest BCUT2D eigenvalue weighted by molar-refractivity contribution is 5.86. The van der Waals surface area contributed by atoms with E-state index in [0.29, 0.717) is 23.4 Å². The number of benzene rings is 1. The Labute approximate surface area is 140 Å². The van der Waals surface area contributed by atoms with E-state index in [0.717, 1.165) is 16.8 Å². The molecule has 1 aromatic carbocycles. The third-order valence-corrected chi connectivity index (χ3v) is 3.84. The number of nitrogen functional groups attached to an aromatic ring is 2. The molecule has 0 fully saturated rings. The first-order valence-electron chi connectivity index (χ1n) is 7.44. The largest absolute Gasteiger partial charge is 0.399 e. The van der Waals surface area contributed by atoms with Crippen LogP contribution in [0, 0.1) is 12.9 Å². The Morgan fingerprint density at radius 3 is 2.76 bits per heavy atom. The Kier molecular flexibility index (Phi) is 3.31. The lowest BCUT2D eigenvalue weighted by Crippen LogP contribution is -2.05. The van der Waals surface area contributed by atoms with Gasteiger partial charge in [-0.3, -0.25) is 5.10 Å². The number of hydrogen-bond donors (Lipinski definition) is 3. The number of halogens is 1. The number of anilines is 2. The van der Waals surface area contributed by atoms with Gasteiger partial charge in [0.2, 0.25) is 11.9 Å².